The lowest BCUT2D eigenvalue weighted by atomic mass is 11.8. The minimum absolute atomic E-state index is 0.933. The largest absolute Gasteiger partial charge is 0.155 e. The van der Waals surface area contributed by atoms with Crippen molar-refractivity contribution in [3.63, 3.8) is 0 Å². The van der Waals surface area contributed by atoms with Gasteiger partial charge in [0.05, 0.1) is 6.63 Å². The molecule has 0 spiro atoms. The second-order valence-corrected chi connectivity index (χ2v) is 52.2. The fourth-order valence-electron chi connectivity index (χ4n) is 4.89. The predicted molar refractivity (Wildman–Crippen MR) is 107 cm³/mol. The van der Waals surface area contributed by atoms with Gasteiger partial charge >= 0.3 is 0 Å². The van der Waals surface area contributed by atoms with Crippen molar-refractivity contribution in [2.45, 2.75) is 63.1 Å². The first-order valence-electron chi connectivity index (χ1n) is 6.83. The van der Waals surface area contributed by atoms with Gasteiger partial charge in [0.15, 0.2) is 0 Å². The van der Waals surface area contributed by atoms with Crippen molar-refractivity contribution < 1.29 is 0 Å². The molecule has 0 heterocycles. The molecule has 0 aromatic rings. The zero-order valence-electron chi connectivity index (χ0n) is 14.4. The maximum Gasteiger partial charge on any atom is 0.0640 e. The maximum absolute atomic E-state index is 2.69. The molecule has 0 saturated heterocycles. The van der Waals surface area contributed by atoms with Crippen LogP contribution in [0.4, 0.5) is 0 Å². The fourth-order valence-corrected chi connectivity index (χ4v) is 130. The van der Waals surface area contributed by atoms with Gasteiger partial charge in [-0.15, -0.1) is 0 Å². The Labute approximate surface area is 128 Å². The van der Waals surface area contributed by atoms with E-state index in [2.05, 4.69) is 95.0 Å². The molecule has 0 atom stereocenters. The standard InChI is InChI=1S/C12H34S2Si4/c1-13-12(14-2)18(15(3,4)5,16(6,7)8)17(9,10)11/h12H,1-11H3. The van der Waals surface area contributed by atoms with E-state index in [1.54, 1.807) is 0 Å². The predicted octanol–water partition coefficient (Wildman–Crippen LogP) is 5.28. The van der Waals surface area contributed by atoms with Crippen molar-refractivity contribution in [1.82, 2.24) is 0 Å². The molecule has 0 fully saturated rings. The van der Waals surface area contributed by atoms with Crippen LogP contribution in [-0.2, 0) is 0 Å². The Morgan fingerprint density at radius 1 is 0.556 bits per heavy atom. The van der Waals surface area contributed by atoms with Gasteiger partial charge in [0.2, 0.25) is 0 Å². The van der Waals surface area contributed by atoms with E-state index < -0.39 is 29.4 Å². The second-order valence-electron chi connectivity index (χ2n) is 8.36. The molecule has 0 aromatic heterocycles. The highest BCUT2D eigenvalue weighted by atomic mass is 32.2. The zero-order chi connectivity index (χ0) is 15.0. The second kappa shape index (κ2) is 6.13. The molecular formula is C12H34S2Si4. The summed E-state index contributed by atoms with van der Waals surface area (Å²) in [4.78, 5) is 0. The normalized spacial score (nSPS) is 15.3. The van der Waals surface area contributed by atoms with Crippen LogP contribution in [0.1, 0.15) is 0 Å². The molecule has 0 aliphatic heterocycles. The molecule has 18 heavy (non-hydrogen) atoms. The van der Waals surface area contributed by atoms with Crippen molar-refractivity contribution >= 4 is 52.9 Å². The van der Waals surface area contributed by atoms with Gasteiger partial charge in [-0.05, 0) is 12.5 Å². The number of hydrogen-bond donors (Lipinski definition) is 0. The number of hydrogen-bond acceptors (Lipinski definition) is 2. The first-order chi connectivity index (χ1) is 7.77. The summed E-state index contributed by atoms with van der Waals surface area (Å²) in [5.41, 5.74) is 0. The summed E-state index contributed by atoms with van der Waals surface area (Å²) in [6, 6.07) is 0. The van der Waals surface area contributed by atoms with Crippen LogP contribution < -0.4 is 0 Å². The summed E-state index contributed by atoms with van der Waals surface area (Å²) in [5.74, 6) is 0. The lowest BCUT2D eigenvalue weighted by Crippen LogP contribution is -2.86. The van der Waals surface area contributed by atoms with E-state index in [-0.39, 0.29) is 0 Å². The van der Waals surface area contributed by atoms with Gasteiger partial charge in [-0.1, -0.05) is 58.9 Å². The third-order valence-electron chi connectivity index (χ3n) is 4.33. The number of thioether (sulfide) groups is 2. The Kier molecular flexibility index (Phi) is 6.67. The first-order valence-corrected chi connectivity index (χ1v) is 25.0. The quantitative estimate of drug-likeness (QED) is 0.470. The lowest BCUT2D eigenvalue weighted by molar-refractivity contribution is 1.67. The van der Waals surface area contributed by atoms with Gasteiger partial charge < -0.3 is 0 Å². The first kappa shape index (κ1) is 19.6. The summed E-state index contributed by atoms with van der Waals surface area (Å²) in [6.07, 6.45) is 4.73. The van der Waals surface area contributed by atoms with Crippen molar-refractivity contribution in [2.75, 3.05) is 12.5 Å². The zero-order valence-corrected chi connectivity index (χ0v) is 20.0. The summed E-state index contributed by atoms with van der Waals surface area (Å²) in [5, 5.41) is 0. The lowest BCUT2D eigenvalue weighted by Gasteiger charge is -2.60. The van der Waals surface area contributed by atoms with Gasteiger partial charge in [0, 0.05) is 27.0 Å². The minimum Gasteiger partial charge on any atom is -0.155 e. The molecule has 0 bridgehead atoms. The van der Waals surface area contributed by atoms with E-state index in [0.29, 0.717) is 0 Å². The van der Waals surface area contributed by atoms with Crippen LogP contribution in [0.3, 0.4) is 0 Å². The molecule has 0 saturated carbocycles. The highest BCUT2D eigenvalue weighted by Gasteiger charge is 2.65. The Hall–Kier alpha value is 1.57. The third-order valence-corrected chi connectivity index (χ3v) is 85.8. The molecule has 0 amide bonds. The van der Waals surface area contributed by atoms with E-state index in [4.69, 9.17) is 0 Å². The van der Waals surface area contributed by atoms with Crippen molar-refractivity contribution in [3.8, 4) is 0 Å². The van der Waals surface area contributed by atoms with E-state index in [9.17, 15) is 0 Å². The maximum atomic E-state index is 2.69. The van der Waals surface area contributed by atoms with E-state index in [1.807, 2.05) is 0 Å². The SMILES string of the molecule is CSC(SC)[Si]([Si](C)(C)C)([Si](C)(C)C)[Si](C)(C)C. The van der Waals surface area contributed by atoms with Crippen LogP contribution in [0.2, 0.25) is 58.9 Å². The highest BCUT2D eigenvalue weighted by Crippen LogP contribution is 2.46. The topological polar surface area (TPSA) is 0 Å². The molecule has 6 heteroatoms. The molecule has 0 unspecified atom stereocenters. The van der Waals surface area contributed by atoms with Crippen molar-refractivity contribution in [2.24, 2.45) is 0 Å². The molecule has 0 aliphatic carbocycles. The molecule has 0 nitrogen and oxygen atoms in total. The monoisotopic (exact) mass is 354 g/mol. The number of rotatable bonds is 6. The van der Waals surface area contributed by atoms with Crippen LogP contribution in [0.5, 0.6) is 0 Å². The van der Waals surface area contributed by atoms with Crippen LogP contribution >= 0.6 is 23.5 Å². The third kappa shape index (κ3) is 3.24. The minimum atomic E-state index is -1.19. The fraction of sp³-hybridized carbons (Fsp3) is 1.00. The smallest absolute Gasteiger partial charge is 0.0640 e. The van der Waals surface area contributed by atoms with Crippen LogP contribution in [-0.4, -0.2) is 46.1 Å². The van der Waals surface area contributed by atoms with Gasteiger partial charge in [0.1, 0.15) is 0 Å². The molecule has 0 aliphatic rings. The summed E-state index contributed by atoms with van der Waals surface area (Å²) < 4.78 is 0.933. The summed E-state index contributed by atoms with van der Waals surface area (Å²) in [7, 11) is -3.28. The van der Waals surface area contributed by atoms with Gasteiger partial charge in [-0.3, -0.25) is 0 Å². The Balaban J connectivity index is 6.25. The average Bonchev–Trinajstić information content (AvgIpc) is 2.06. The highest BCUT2D eigenvalue weighted by molar-refractivity contribution is 8.23. The van der Waals surface area contributed by atoms with Crippen LogP contribution in [0.25, 0.3) is 0 Å². The molecular weight excluding hydrogens is 321 g/mol. The van der Waals surface area contributed by atoms with E-state index in [1.165, 1.54) is 0 Å². The van der Waals surface area contributed by atoms with Crippen molar-refractivity contribution in [3.05, 3.63) is 0 Å². The molecule has 0 radical (unpaired) electrons. The van der Waals surface area contributed by atoms with Gasteiger partial charge in [-0.2, -0.15) is 23.5 Å². The molecule has 0 N–H and O–H groups in total. The average molecular weight is 355 g/mol. The Morgan fingerprint density at radius 2 is 0.778 bits per heavy atom. The van der Waals surface area contributed by atoms with E-state index >= 15 is 0 Å². The summed E-state index contributed by atoms with van der Waals surface area (Å²) >= 11 is 4.37. The molecule has 110 valence electrons. The summed E-state index contributed by atoms with van der Waals surface area (Å²) in [6.45, 7) is 23.0. The Bertz CT molecular complexity index is 233. The van der Waals surface area contributed by atoms with Crippen molar-refractivity contribution in [1.29, 1.82) is 0 Å². The Morgan fingerprint density at radius 3 is 0.833 bits per heavy atom. The molecule has 0 rings (SSSR count). The van der Waals surface area contributed by atoms with Gasteiger partial charge in [-0.25, -0.2) is 0 Å². The van der Waals surface area contributed by atoms with Crippen LogP contribution in [0.15, 0.2) is 0 Å². The van der Waals surface area contributed by atoms with Crippen LogP contribution in [0, 0.1) is 0 Å². The van der Waals surface area contributed by atoms with E-state index in [0.717, 1.165) is 4.21 Å². The van der Waals surface area contributed by atoms with Gasteiger partial charge in [0.25, 0.3) is 0 Å². The molecule has 0 aromatic carbocycles.